The Morgan fingerprint density at radius 1 is 0.224 bits per heavy atom. The quantitative estimate of drug-likeness (QED) is 0.161. The number of hydrogen-bond donors (Lipinski definition) is 0. The van der Waals surface area contributed by atoms with Crippen molar-refractivity contribution < 1.29 is 4.42 Å². The molecule has 3 aromatic heterocycles. The van der Waals surface area contributed by atoms with Crippen LogP contribution in [0.1, 0.15) is 0 Å². The summed E-state index contributed by atoms with van der Waals surface area (Å²) in [4.78, 5) is 0. The zero-order chi connectivity index (χ0) is 43.7. The summed E-state index contributed by atoms with van der Waals surface area (Å²) in [7, 11) is 0. The maximum atomic E-state index is 7.21. The summed E-state index contributed by atoms with van der Waals surface area (Å²) in [6.07, 6.45) is 0. The molecule has 0 fully saturated rings. The molecule has 0 unspecified atom stereocenters. The molecular formula is C64H36OS2. The third kappa shape index (κ3) is 5.24. The summed E-state index contributed by atoms with van der Waals surface area (Å²) in [6, 6.07) is 80.7. The van der Waals surface area contributed by atoms with E-state index in [1.807, 2.05) is 22.7 Å². The molecule has 0 N–H and O–H groups in total. The van der Waals surface area contributed by atoms with Crippen LogP contribution < -0.4 is 0 Å². The second kappa shape index (κ2) is 14.2. The Balaban J connectivity index is 1.01. The predicted octanol–water partition coefficient (Wildman–Crippen LogP) is 19.6. The van der Waals surface area contributed by atoms with Crippen molar-refractivity contribution in [1.82, 2.24) is 0 Å². The third-order valence-electron chi connectivity index (χ3n) is 14.3. The maximum Gasteiger partial charge on any atom is 0.143 e. The smallest absolute Gasteiger partial charge is 0.143 e. The van der Waals surface area contributed by atoms with Crippen molar-refractivity contribution in [3.8, 4) is 44.5 Å². The van der Waals surface area contributed by atoms with Crippen LogP contribution in [0.2, 0.25) is 0 Å². The van der Waals surface area contributed by atoms with Crippen LogP contribution in [0.4, 0.5) is 0 Å². The monoisotopic (exact) mass is 884 g/mol. The van der Waals surface area contributed by atoms with E-state index in [2.05, 4.69) is 218 Å². The SMILES string of the molecule is c1cc(-c2c3ccccc3c(-c3cccc4sc5ccccc5c34)c3ccccc23)c2c(c1)oc1c(-c3c4ccccc4c(-c4cccc5sc6ccccc6c45)c4ccccc34)cccc12. The molecule has 1 nitrogen and oxygen atoms in total. The first-order valence-electron chi connectivity index (χ1n) is 22.9. The van der Waals surface area contributed by atoms with Gasteiger partial charge in [0, 0.05) is 62.2 Å². The normalized spacial score (nSPS) is 12.2. The fourth-order valence-corrected chi connectivity index (χ4v) is 13.9. The van der Waals surface area contributed by atoms with Crippen LogP contribution in [-0.2, 0) is 0 Å². The number of rotatable bonds is 4. The molecule has 310 valence electrons. The molecule has 15 aromatic rings. The molecule has 3 heterocycles. The van der Waals surface area contributed by atoms with E-state index >= 15 is 0 Å². The van der Waals surface area contributed by atoms with Crippen molar-refractivity contribution in [3.05, 3.63) is 218 Å². The lowest BCUT2D eigenvalue weighted by molar-refractivity contribution is 0.670. The van der Waals surface area contributed by atoms with E-state index in [0.717, 1.165) is 27.5 Å². The van der Waals surface area contributed by atoms with Crippen LogP contribution in [-0.4, -0.2) is 0 Å². The molecule has 3 heteroatoms. The molecule has 0 aliphatic rings. The van der Waals surface area contributed by atoms with Crippen LogP contribution in [0.25, 0.3) is 150 Å². The molecule has 12 aromatic carbocycles. The van der Waals surface area contributed by atoms with Gasteiger partial charge in [-0.25, -0.2) is 0 Å². The second-order valence-corrected chi connectivity index (χ2v) is 19.9. The van der Waals surface area contributed by atoms with Crippen LogP contribution in [0.15, 0.2) is 223 Å². The predicted molar refractivity (Wildman–Crippen MR) is 291 cm³/mol. The van der Waals surface area contributed by atoms with Crippen LogP contribution in [0.3, 0.4) is 0 Å². The average Bonchev–Trinajstić information content (AvgIpc) is 4.09. The fourth-order valence-electron chi connectivity index (χ4n) is 11.6. The molecular weight excluding hydrogens is 849 g/mol. The number of para-hydroxylation sites is 1. The molecule has 67 heavy (non-hydrogen) atoms. The molecule has 0 saturated carbocycles. The van der Waals surface area contributed by atoms with Gasteiger partial charge in [-0.15, -0.1) is 22.7 Å². The molecule has 0 bridgehead atoms. The minimum atomic E-state index is 0.882. The van der Waals surface area contributed by atoms with Gasteiger partial charge in [-0.1, -0.05) is 188 Å². The van der Waals surface area contributed by atoms with Gasteiger partial charge in [0.25, 0.3) is 0 Å². The zero-order valence-electron chi connectivity index (χ0n) is 36.0. The van der Waals surface area contributed by atoms with Crippen LogP contribution >= 0.6 is 22.7 Å². The van der Waals surface area contributed by atoms with E-state index in [9.17, 15) is 0 Å². The van der Waals surface area contributed by atoms with Crippen molar-refractivity contribution in [2.75, 3.05) is 0 Å². The van der Waals surface area contributed by atoms with Crippen molar-refractivity contribution in [2.45, 2.75) is 0 Å². The van der Waals surface area contributed by atoms with E-state index in [1.54, 1.807) is 0 Å². The standard InChI is InChI=1S/C64H36OS2/c1-3-19-39-37(17-1)57(38-18-2-4-20-40(38)58(39)48-28-15-35-55-62(48)45-25-9-11-33-53(45)66-55)47-27-14-32-52-61(47)51-31-13-30-50(64(51)65-52)60-43-23-7-5-21-41(43)59(42-22-6-8-24-44(42)60)49-29-16-36-56-63(49)46-26-10-12-34-54(46)67-56/h1-36H. The van der Waals surface area contributed by atoms with Gasteiger partial charge in [0.05, 0.1) is 0 Å². The zero-order valence-corrected chi connectivity index (χ0v) is 37.6. The van der Waals surface area contributed by atoms with E-state index in [4.69, 9.17) is 4.42 Å². The Hall–Kier alpha value is -8.08. The van der Waals surface area contributed by atoms with Gasteiger partial charge in [0.1, 0.15) is 11.2 Å². The van der Waals surface area contributed by atoms with Crippen molar-refractivity contribution in [1.29, 1.82) is 0 Å². The van der Waals surface area contributed by atoms with Crippen LogP contribution in [0.5, 0.6) is 0 Å². The average molecular weight is 885 g/mol. The van der Waals surface area contributed by atoms with Crippen molar-refractivity contribution in [3.63, 3.8) is 0 Å². The third-order valence-corrected chi connectivity index (χ3v) is 16.5. The Labute approximate surface area is 393 Å². The first kappa shape index (κ1) is 37.2. The Morgan fingerprint density at radius 3 is 0.955 bits per heavy atom. The van der Waals surface area contributed by atoms with Gasteiger partial charge in [-0.2, -0.15) is 0 Å². The van der Waals surface area contributed by atoms with Gasteiger partial charge < -0.3 is 4.42 Å². The minimum absolute atomic E-state index is 0.882. The highest BCUT2D eigenvalue weighted by molar-refractivity contribution is 7.26. The largest absolute Gasteiger partial charge is 0.455 e. The molecule has 0 saturated heterocycles. The lowest BCUT2D eigenvalue weighted by atomic mass is 9.83. The molecule has 0 spiro atoms. The summed E-state index contributed by atoms with van der Waals surface area (Å²) < 4.78 is 12.5. The van der Waals surface area contributed by atoms with E-state index in [0.29, 0.717) is 0 Å². The number of furan rings is 1. The summed E-state index contributed by atoms with van der Waals surface area (Å²) in [5.41, 5.74) is 11.6. The molecule has 0 aliphatic carbocycles. The van der Waals surface area contributed by atoms with Gasteiger partial charge >= 0.3 is 0 Å². The number of thiophene rings is 2. The first-order valence-corrected chi connectivity index (χ1v) is 24.5. The lowest BCUT2D eigenvalue weighted by Gasteiger charge is -2.19. The Bertz CT molecular complexity index is 4470. The molecule has 0 radical (unpaired) electrons. The van der Waals surface area contributed by atoms with E-state index in [-0.39, 0.29) is 0 Å². The molecule has 0 amide bonds. The van der Waals surface area contributed by atoms with E-state index in [1.165, 1.54) is 122 Å². The van der Waals surface area contributed by atoms with Gasteiger partial charge in [0.2, 0.25) is 0 Å². The summed E-state index contributed by atoms with van der Waals surface area (Å²) >= 11 is 3.75. The highest BCUT2D eigenvalue weighted by atomic mass is 32.1. The summed E-state index contributed by atoms with van der Waals surface area (Å²) in [5, 5.41) is 17.3. The highest BCUT2D eigenvalue weighted by Crippen LogP contribution is 2.52. The van der Waals surface area contributed by atoms with Crippen molar-refractivity contribution >= 4 is 128 Å². The summed E-state index contributed by atoms with van der Waals surface area (Å²) in [5.74, 6) is 0. The van der Waals surface area contributed by atoms with Gasteiger partial charge in [0.15, 0.2) is 0 Å². The highest BCUT2D eigenvalue weighted by Gasteiger charge is 2.25. The maximum absolute atomic E-state index is 7.21. The Kier molecular flexibility index (Phi) is 7.88. The van der Waals surface area contributed by atoms with Gasteiger partial charge in [-0.05, 0) is 107 Å². The topological polar surface area (TPSA) is 13.1 Å². The van der Waals surface area contributed by atoms with Gasteiger partial charge in [-0.3, -0.25) is 0 Å². The molecule has 15 rings (SSSR count). The second-order valence-electron chi connectivity index (χ2n) is 17.7. The van der Waals surface area contributed by atoms with Crippen molar-refractivity contribution in [2.24, 2.45) is 0 Å². The number of fused-ring (bicyclic) bond motifs is 13. The number of hydrogen-bond acceptors (Lipinski definition) is 3. The van der Waals surface area contributed by atoms with Crippen LogP contribution in [0, 0.1) is 0 Å². The summed E-state index contributed by atoms with van der Waals surface area (Å²) in [6.45, 7) is 0. The fraction of sp³-hybridized carbons (Fsp3) is 0. The lowest BCUT2D eigenvalue weighted by Crippen LogP contribution is -1.92. The minimum Gasteiger partial charge on any atom is -0.455 e. The van der Waals surface area contributed by atoms with E-state index < -0.39 is 0 Å². The first-order chi connectivity index (χ1) is 33.3. The molecule has 0 aliphatic heterocycles. The Morgan fingerprint density at radius 2 is 0.522 bits per heavy atom. The number of benzene rings is 12. The molecule has 0 atom stereocenters.